The second-order valence-corrected chi connectivity index (χ2v) is 4.44. The number of fused-ring (bicyclic) bond motifs is 2. The molecule has 15 heavy (non-hydrogen) atoms. The first-order chi connectivity index (χ1) is 7.29. The molecule has 0 aliphatic carbocycles. The summed E-state index contributed by atoms with van der Waals surface area (Å²) in [6, 6.07) is 0. The van der Waals surface area contributed by atoms with Crippen molar-refractivity contribution in [3.8, 4) is 0 Å². The van der Waals surface area contributed by atoms with Gasteiger partial charge in [-0.2, -0.15) is 0 Å². The number of amides is 1. The Morgan fingerprint density at radius 2 is 1.93 bits per heavy atom. The van der Waals surface area contributed by atoms with E-state index < -0.39 is 0 Å². The molecule has 1 amide bonds. The second-order valence-electron chi connectivity index (χ2n) is 4.44. The standard InChI is InChI=1S/C11H19NO3/c13-6-2-1-3-11(14)12-7-9-4-5-10(8-12)15-9/h9-10,13H,1-8H2. The van der Waals surface area contributed by atoms with Gasteiger partial charge < -0.3 is 14.7 Å². The van der Waals surface area contributed by atoms with Crippen molar-refractivity contribution in [1.29, 1.82) is 0 Å². The van der Waals surface area contributed by atoms with E-state index in [1.165, 1.54) is 0 Å². The van der Waals surface area contributed by atoms with Gasteiger partial charge in [0.25, 0.3) is 0 Å². The predicted octanol–water partition coefficient (Wildman–Crippen LogP) is 0.539. The SMILES string of the molecule is O=C(CCCCO)N1CC2CCC(C1)O2. The van der Waals surface area contributed by atoms with E-state index in [0.717, 1.165) is 38.8 Å². The van der Waals surface area contributed by atoms with Crippen molar-refractivity contribution >= 4 is 5.91 Å². The average Bonchev–Trinajstić information content (AvgIpc) is 2.58. The lowest BCUT2D eigenvalue weighted by atomic mass is 10.2. The number of morpholine rings is 1. The van der Waals surface area contributed by atoms with Crippen molar-refractivity contribution in [2.75, 3.05) is 19.7 Å². The summed E-state index contributed by atoms with van der Waals surface area (Å²) in [5, 5.41) is 8.64. The van der Waals surface area contributed by atoms with E-state index in [1.807, 2.05) is 4.90 Å². The summed E-state index contributed by atoms with van der Waals surface area (Å²) >= 11 is 0. The van der Waals surface area contributed by atoms with Crippen molar-refractivity contribution in [3.63, 3.8) is 0 Å². The largest absolute Gasteiger partial charge is 0.396 e. The van der Waals surface area contributed by atoms with Gasteiger partial charge in [-0.1, -0.05) is 0 Å². The number of carbonyl (C=O) groups excluding carboxylic acids is 1. The summed E-state index contributed by atoms with van der Waals surface area (Å²) in [5.41, 5.74) is 0. The van der Waals surface area contributed by atoms with Crippen molar-refractivity contribution in [2.45, 2.75) is 44.3 Å². The predicted molar refractivity (Wildman–Crippen MR) is 55.4 cm³/mol. The Morgan fingerprint density at radius 3 is 2.53 bits per heavy atom. The molecule has 2 fully saturated rings. The highest BCUT2D eigenvalue weighted by atomic mass is 16.5. The van der Waals surface area contributed by atoms with Crippen LogP contribution in [0.1, 0.15) is 32.1 Å². The number of hydrogen-bond acceptors (Lipinski definition) is 3. The van der Waals surface area contributed by atoms with Crippen LogP contribution in [0.25, 0.3) is 0 Å². The number of likely N-dealkylation sites (tertiary alicyclic amines) is 1. The highest BCUT2D eigenvalue weighted by Gasteiger charge is 2.35. The number of aliphatic hydroxyl groups excluding tert-OH is 1. The molecule has 2 saturated heterocycles. The molecule has 4 nitrogen and oxygen atoms in total. The van der Waals surface area contributed by atoms with Gasteiger partial charge >= 0.3 is 0 Å². The molecule has 0 spiro atoms. The minimum Gasteiger partial charge on any atom is -0.396 e. The molecule has 0 aromatic carbocycles. The third-order valence-electron chi connectivity index (χ3n) is 3.20. The topological polar surface area (TPSA) is 49.8 Å². The van der Waals surface area contributed by atoms with Crippen molar-refractivity contribution in [1.82, 2.24) is 4.90 Å². The van der Waals surface area contributed by atoms with E-state index >= 15 is 0 Å². The smallest absolute Gasteiger partial charge is 0.222 e. The number of aliphatic hydroxyl groups is 1. The first-order valence-corrected chi connectivity index (χ1v) is 5.83. The summed E-state index contributed by atoms with van der Waals surface area (Å²) in [6.07, 6.45) is 4.86. The third-order valence-corrected chi connectivity index (χ3v) is 3.20. The first kappa shape index (κ1) is 10.9. The molecule has 2 rings (SSSR count). The van der Waals surface area contributed by atoms with E-state index in [-0.39, 0.29) is 24.7 Å². The molecule has 2 heterocycles. The number of carbonyl (C=O) groups is 1. The number of hydrogen-bond donors (Lipinski definition) is 1. The van der Waals surface area contributed by atoms with Gasteiger partial charge in [-0.05, 0) is 25.7 Å². The van der Waals surface area contributed by atoms with Gasteiger partial charge in [0.2, 0.25) is 5.91 Å². The Labute approximate surface area is 90.2 Å². The zero-order valence-electron chi connectivity index (χ0n) is 9.02. The van der Waals surface area contributed by atoms with Gasteiger partial charge in [0.15, 0.2) is 0 Å². The zero-order chi connectivity index (χ0) is 10.7. The van der Waals surface area contributed by atoms with Crippen LogP contribution in [0, 0.1) is 0 Å². The van der Waals surface area contributed by atoms with Gasteiger partial charge in [-0.25, -0.2) is 0 Å². The molecule has 0 aromatic rings. The highest BCUT2D eigenvalue weighted by Crippen LogP contribution is 2.26. The van der Waals surface area contributed by atoms with E-state index in [9.17, 15) is 4.79 Å². The molecule has 2 atom stereocenters. The lowest BCUT2D eigenvalue weighted by Crippen LogP contribution is -2.45. The van der Waals surface area contributed by atoms with Gasteiger partial charge in [-0.15, -0.1) is 0 Å². The fourth-order valence-corrected chi connectivity index (χ4v) is 2.36. The van der Waals surface area contributed by atoms with E-state index in [2.05, 4.69) is 0 Å². The van der Waals surface area contributed by atoms with Crippen LogP contribution in [0.2, 0.25) is 0 Å². The number of ether oxygens (including phenoxy) is 1. The van der Waals surface area contributed by atoms with Crippen LogP contribution in [-0.2, 0) is 9.53 Å². The normalized spacial score (nSPS) is 29.5. The van der Waals surface area contributed by atoms with Crippen molar-refractivity contribution in [2.24, 2.45) is 0 Å². The first-order valence-electron chi connectivity index (χ1n) is 5.83. The zero-order valence-corrected chi connectivity index (χ0v) is 9.02. The minimum absolute atomic E-state index is 0.182. The maximum Gasteiger partial charge on any atom is 0.222 e. The van der Waals surface area contributed by atoms with E-state index in [1.54, 1.807) is 0 Å². The van der Waals surface area contributed by atoms with Crippen LogP contribution in [0.5, 0.6) is 0 Å². The van der Waals surface area contributed by atoms with Crippen LogP contribution in [0.3, 0.4) is 0 Å². The quantitative estimate of drug-likeness (QED) is 0.693. The monoisotopic (exact) mass is 213 g/mol. The molecule has 2 aliphatic rings. The fourth-order valence-electron chi connectivity index (χ4n) is 2.36. The van der Waals surface area contributed by atoms with Gasteiger partial charge in [0.1, 0.15) is 0 Å². The van der Waals surface area contributed by atoms with Crippen LogP contribution in [-0.4, -0.2) is 47.8 Å². The fraction of sp³-hybridized carbons (Fsp3) is 0.909. The summed E-state index contributed by atoms with van der Waals surface area (Å²) in [5.74, 6) is 0.226. The molecule has 2 aliphatic heterocycles. The molecule has 0 saturated carbocycles. The summed E-state index contributed by atoms with van der Waals surface area (Å²) in [7, 11) is 0. The van der Waals surface area contributed by atoms with Gasteiger partial charge in [0.05, 0.1) is 12.2 Å². The highest BCUT2D eigenvalue weighted by molar-refractivity contribution is 5.76. The Hall–Kier alpha value is -0.610. The summed E-state index contributed by atoms with van der Waals surface area (Å²) in [6.45, 7) is 1.73. The van der Waals surface area contributed by atoms with E-state index in [4.69, 9.17) is 9.84 Å². The van der Waals surface area contributed by atoms with Crippen molar-refractivity contribution < 1.29 is 14.6 Å². The Morgan fingerprint density at radius 1 is 1.27 bits per heavy atom. The Bertz CT molecular complexity index is 220. The lowest BCUT2D eigenvalue weighted by molar-refractivity contribution is -0.140. The molecule has 2 bridgehead atoms. The van der Waals surface area contributed by atoms with Gasteiger partial charge in [-0.3, -0.25) is 4.79 Å². The van der Waals surface area contributed by atoms with Crippen LogP contribution in [0.15, 0.2) is 0 Å². The molecule has 4 heteroatoms. The number of nitrogens with zero attached hydrogens (tertiary/aromatic N) is 1. The van der Waals surface area contributed by atoms with Crippen molar-refractivity contribution in [3.05, 3.63) is 0 Å². The summed E-state index contributed by atoms with van der Waals surface area (Å²) < 4.78 is 5.67. The molecular weight excluding hydrogens is 194 g/mol. The maximum atomic E-state index is 11.8. The molecule has 0 radical (unpaired) electrons. The summed E-state index contributed by atoms with van der Waals surface area (Å²) in [4.78, 5) is 13.7. The number of unbranched alkanes of at least 4 members (excludes halogenated alkanes) is 1. The molecule has 0 aromatic heterocycles. The Balaban J connectivity index is 1.76. The second kappa shape index (κ2) is 4.94. The van der Waals surface area contributed by atoms with Gasteiger partial charge in [0, 0.05) is 26.1 Å². The average molecular weight is 213 g/mol. The minimum atomic E-state index is 0.182. The third kappa shape index (κ3) is 2.69. The van der Waals surface area contributed by atoms with E-state index in [0.29, 0.717) is 6.42 Å². The molecule has 2 unspecified atom stereocenters. The van der Waals surface area contributed by atoms with Crippen LogP contribution >= 0.6 is 0 Å². The lowest BCUT2D eigenvalue weighted by Gasteiger charge is -2.32. The van der Waals surface area contributed by atoms with Crippen LogP contribution in [0.4, 0.5) is 0 Å². The molecule has 1 N–H and O–H groups in total. The molecular formula is C11H19NO3. The maximum absolute atomic E-state index is 11.8. The van der Waals surface area contributed by atoms with Crippen LogP contribution < -0.4 is 0 Å². The number of rotatable bonds is 4. The Kier molecular flexibility index (Phi) is 3.59. The molecule has 86 valence electrons.